The van der Waals surface area contributed by atoms with Gasteiger partial charge in [0.05, 0.1) is 5.69 Å². The Morgan fingerprint density at radius 2 is 1.74 bits per heavy atom. The molecule has 1 aromatic carbocycles. The third-order valence-corrected chi connectivity index (χ3v) is 3.44. The fourth-order valence-corrected chi connectivity index (χ4v) is 2.17. The maximum atomic E-state index is 4.70. The zero-order valence-corrected chi connectivity index (χ0v) is 12.2. The predicted molar refractivity (Wildman–Crippen MR) is 81.3 cm³/mol. The van der Waals surface area contributed by atoms with Crippen LogP contribution in [0.5, 0.6) is 0 Å². The molecule has 0 unspecified atom stereocenters. The third-order valence-electron chi connectivity index (χ3n) is 3.44. The number of benzene rings is 1. The molecule has 100 valence electrons. The molecular formula is C17H22N2. The SMILES string of the molecule is CNCc1ccc(-c2ccc(C(C)C)cc2)nc1C. The van der Waals surface area contributed by atoms with Crippen molar-refractivity contribution in [2.45, 2.75) is 33.2 Å². The Bertz CT molecular complexity index is 542. The van der Waals surface area contributed by atoms with E-state index in [1.807, 2.05) is 7.05 Å². The number of hydrogen-bond donors (Lipinski definition) is 1. The zero-order chi connectivity index (χ0) is 13.8. The van der Waals surface area contributed by atoms with Crippen LogP contribution < -0.4 is 5.32 Å². The topological polar surface area (TPSA) is 24.9 Å². The summed E-state index contributed by atoms with van der Waals surface area (Å²) >= 11 is 0. The lowest BCUT2D eigenvalue weighted by molar-refractivity contribution is 0.805. The van der Waals surface area contributed by atoms with E-state index in [9.17, 15) is 0 Å². The van der Waals surface area contributed by atoms with Crippen LogP contribution in [0.15, 0.2) is 36.4 Å². The monoisotopic (exact) mass is 254 g/mol. The van der Waals surface area contributed by atoms with Gasteiger partial charge in [0.25, 0.3) is 0 Å². The second-order valence-electron chi connectivity index (χ2n) is 5.25. The van der Waals surface area contributed by atoms with Crippen LogP contribution in [0.1, 0.15) is 36.6 Å². The van der Waals surface area contributed by atoms with Gasteiger partial charge in [0.2, 0.25) is 0 Å². The number of aryl methyl sites for hydroxylation is 1. The Morgan fingerprint density at radius 1 is 1.05 bits per heavy atom. The van der Waals surface area contributed by atoms with Crippen LogP contribution >= 0.6 is 0 Å². The highest BCUT2D eigenvalue weighted by atomic mass is 14.8. The molecule has 1 aromatic heterocycles. The lowest BCUT2D eigenvalue weighted by Gasteiger charge is -2.09. The molecule has 2 heteroatoms. The van der Waals surface area contributed by atoms with E-state index in [0.29, 0.717) is 5.92 Å². The predicted octanol–water partition coefficient (Wildman–Crippen LogP) is 3.90. The minimum atomic E-state index is 0.571. The van der Waals surface area contributed by atoms with E-state index in [4.69, 9.17) is 4.98 Å². The van der Waals surface area contributed by atoms with Gasteiger partial charge in [0.15, 0.2) is 0 Å². The summed E-state index contributed by atoms with van der Waals surface area (Å²) in [5.74, 6) is 0.571. The standard InChI is InChI=1S/C17H22N2/c1-12(2)14-5-7-15(8-6-14)17-10-9-16(11-18-4)13(3)19-17/h5-10,12,18H,11H2,1-4H3. The first kappa shape index (κ1) is 13.8. The molecule has 2 nitrogen and oxygen atoms in total. The Morgan fingerprint density at radius 3 is 2.26 bits per heavy atom. The number of pyridine rings is 1. The van der Waals surface area contributed by atoms with Crippen LogP contribution in [0.4, 0.5) is 0 Å². The van der Waals surface area contributed by atoms with E-state index in [0.717, 1.165) is 17.9 Å². The van der Waals surface area contributed by atoms with Crippen molar-refractivity contribution in [2.24, 2.45) is 0 Å². The summed E-state index contributed by atoms with van der Waals surface area (Å²) in [6.07, 6.45) is 0. The first-order chi connectivity index (χ1) is 9.11. The summed E-state index contributed by atoms with van der Waals surface area (Å²) < 4.78 is 0. The van der Waals surface area contributed by atoms with Crippen molar-refractivity contribution >= 4 is 0 Å². The minimum absolute atomic E-state index is 0.571. The van der Waals surface area contributed by atoms with Gasteiger partial charge >= 0.3 is 0 Å². The van der Waals surface area contributed by atoms with Gasteiger partial charge in [-0.3, -0.25) is 4.98 Å². The number of nitrogens with one attached hydrogen (secondary N) is 1. The fraction of sp³-hybridized carbons (Fsp3) is 0.353. The Hall–Kier alpha value is -1.67. The minimum Gasteiger partial charge on any atom is -0.316 e. The number of aromatic nitrogens is 1. The maximum Gasteiger partial charge on any atom is 0.0705 e. The molecule has 0 atom stereocenters. The van der Waals surface area contributed by atoms with Crippen LogP contribution in [0, 0.1) is 6.92 Å². The largest absolute Gasteiger partial charge is 0.316 e. The summed E-state index contributed by atoms with van der Waals surface area (Å²) in [4.78, 5) is 4.70. The van der Waals surface area contributed by atoms with Crippen LogP contribution in [0.25, 0.3) is 11.3 Å². The molecular weight excluding hydrogens is 232 g/mol. The van der Waals surface area contributed by atoms with E-state index in [-0.39, 0.29) is 0 Å². The maximum absolute atomic E-state index is 4.70. The highest BCUT2D eigenvalue weighted by molar-refractivity contribution is 5.60. The van der Waals surface area contributed by atoms with Gasteiger partial charge in [0, 0.05) is 17.8 Å². The average molecular weight is 254 g/mol. The molecule has 0 aliphatic carbocycles. The highest BCUT2D eigenvalue weighted by Gasteiger charge is 2.04. The molecule has 0 saturated heterocycles. The van der Waals surface area contributed by atoms with E-state index in [1.54, 1.807) is 0 Å². The van der Waals surface area contributed by atoms with Crippen LogP contribution in [-0.4, -0.2) is 12.0 Å². The summed E-state index contributed by atoms with van der Waals surface area (Å²) in [5, 5.41) is 3.16. The fourth-order valence-electron chi connectivity index (χ4n) is 2.17. The average Bonchev–Trinajstić information content (AvgIpc) is 2.41. The van der Waals surface area contributed by atoms with Crippen LogP contribution in [0.3, 0.4) is 0 Å². The molecule has 2 rings (SSSR count). The van der Waals surface area contributed by atoms with Gasteiger partial charge in [0.1, 0.15) is 0 Å². The van der Waals surface area contributed by atoms with E-state index < -0.39 is 0 Å². The van der Waals surface area contributed by atoms with Crippen molar-refractivity contribution in [3.05, 3.63) is 53.2 Å². The quantitative estimate of drug-likeness (QED) is 0.895. The lowest BCUT2D eigenvalue weighted by Crippen LogP contribution is -2.07. The van der Waals surface area contributed by atoms with Crippen molar-refractivity contribution in [3.63, 3.8) is 0 Å². The normalized spacial score (nSPS) is 11.0. The van der Waals surface area contributed by atoms with Gasteiger partial charge in [-0.05, 0) is 37.1 Å². The summed E-state index contributed by atoms with van der Waals surface area (Å²) in [6, 6.07) is 13.0. The molecule has 0 fully saturated rings. The first-order valence-corrected chi connectivity index (χ1v) is 6.83. The van der Waals surface area contributed by atoms with Gasteiger partial charge in [-0.15, -0.1) is 0 Å². The summed E-state index contributed by atoms with van der Waals surface area (Å²) in [5.41, 5.74) is 5.95. The second-order valence-corrected chi connectivity index (χ2v) is 5.25. The van der Waals surface area contributed by atoms with Gasteiger partial charge < -0.3 is 5.32 Å². The molecule has 2 aromatic rings. The molecule has 0 spiro atoms. The second kappa shape index (κ2) is 5.98. The smallest absolute Gasteiger partial charge is 0.0705 e. The molecule has 0 aliphatic heterocycles. The Balaban J connectivity index is 2.29. The van der Waals surface area contributed by atoms with Crippen molar-refractivity contribution < 1.29 is 0 Å². The molecule has 0 radical (unpaired) electrons. The van der Waals surface area contributed by atoms with Crippen LogP contribution in [-0.2, 0) is 6.54 Å². The van der Waals surface area contributed by atoms with Crippen molar-refractivity contribution in [1.82, 2.24) is 10.3 Å². The Kier molecular flexibility index (Phi) is 4.33. The van der Waals surface area contributed by atoms with Crippen molar-refractivity contribution in [2.75, 3.05) is 7.05 Å². The summed E-state index contributed by atoms with van der Waals surface area (Å²) in [7, 11) is 1.96. The molecule has 0 bridgehead atoms. The van der Waals surface area contributed by atoms with E-state index in [1.165, 1.54) is 16.7 Å². The molecule has 1 N–H and O–H groups in total. The first-order valence-electron chi connectivity index (χ1n) is 6.83. The van der Waals surface area contributed by atoms with Crippen molar-refractivity contribution in [3.8, 4) is 11.3 Å². The summed E-state index contributed by atoms with van der Waals surface area (Å²) in [6.45, 7) is 7.36. The molecule has 1 heterocycles. The number of rotatable bonds is 4. The lowest BCUT2D eigenvalue weighted by atomic mass is 10.0. The molecule has 0 aliphatic rings. The van der Waals surface area contributed by atoms with Gasteiger partial charge in [-0.1, -0.05) is 44.2 Å². The molecule has 19 heavy (non-hydrogen) atoms. The van der Waals surface area contributed by atoms with E-state index in [2.05, 4.69) is 62.5 Å². The Labute approximate surface area is 115 Å². The van der Waals surface area contributed by atoms with Crippen molar-refractivity contribution in [1.29, 1.82) is 0 Å². The van der Waals surface area contributed by atoms with Gasteiger partial charge in [-0.25, -0.2) is 0 Å². The highest BCUT2D eigenvalue weighted by Crippen LogP contribution is 2.22. The van der Waals surface area contributed by atoms with E-state index >= 15 is 0 Å². The van der Waals surface area contributed by atoms with Crippen LogP contribution in [0.2, 0.25) is 0 Å². The molecule has 0 amide bonds. The van der Waals surface area contributed by atoms with Gasteiger partial charge in [-0.2, -0.15) is 0 Å². The third kappa shape index (κ3) is 3.21. The number of hydrogen-bond acceptors (Lipinski definition) is 2. The molecule has 0 saturated carbocycles. The number of nitrogens with zero attached hydrogens (tertiary/aromatic N) is 1. The zero-order valence-electron chi connectivity index (χ0n) is 12.2.